The molecule has 2 rings (SSSR count). The number of carbonyl (C=O) groups is 2. The van der Waals surface area contributed by atoms with Crippen LogP contribution < -0.4 is 0 Å². The van der Waals surface area contributed by atoms with Gasteiger partial charge in [0.25, 0.3) is 0 Å². The van der Waals surface area contributed by atoms with Crippen LogP contribution in [0.4, 0.5) is 0 Å². The lowest BCUT2D eigenvalue weighted by Crippen LogP contribution is -2.58. The molecular formula is C15H26O8. The molecule has 1 aliphatic carbocycles. The summed E-state index contributed by atoms with van der Waals surface area (Å²) in [5.41, 5.74) is 0. The third-order valence-electron chi connectivity index (χ3n) is 4.11. The van der Waals surface area contributed by atoms with Crippen LogP contribution in [0.25, 0.3) is 0 Å². The number of aliphatic hydroxyl groups is 5. The predicted molar refractivity (Wildman–Crippen MR) is 78.2 cm³/mol. The minimum absolute atomic E-state index is 0.170. The lowest BCUT2D eigenvalue weighted by Gasteiger charge is -2.37. The zero-order chi connectivity index (χ0) is 17.6. The van der Waals surface area contributed by atoms with Crippen LogP contribution in [0.1, 0.15) is 39.0 Å². The van der Waals surface area contributed by atoms with Crippen LogP contribution in [0.3, 0.4) is 0 Å². The fourth-order valence-corrected chi connectivity index (χ4v) is 2.59. The van der Waals surface area contributed by atoms with Crippen molar-refractivity contribution in [2.75, 3.05) is 6.61 Å². The zero-order valence-corrected chi connectivity index (χ0v) is 13.2. The summed E-state index contributed by atoms with van der Waals surface area (Å²) in [6, 6.07) is 0. The quantitative estimate of drug-likeness (QED) is 0.391. The molecule has 1 unspecified atom stereocenters. The Morgan fingerprint density at radius 3 is 2.04 bits per heavy atom. The number of hydrogen-bond donors (Lipinski definition) is 5. The molecular weight excluding hydrogens is 308 g/mol. The zero-order valence-electron chi connectivity index (χ0n) is 13.2. The summed E-state index contributed by atoms with van der Waals surface area (Å²) in [4.78, 5) is 22.1. The van der Waals surface area contributed by atoms with E-state index in [1.807, 2.05) is 0 Å². The van der Waals surface area contributed by atoms with Crippen molar-refractivity contribution in [3.05, 3.63) is 0 Å². The van der Waals surface area contributed by atoms with Crippen molar-refractivity contribution in [3.8, 4) is 0 Å². The van der Waals surface area contributed by atoms with Gasteiger partial charge < -0.3 is 30.3 Å². The molecule has 0 aromatic rings. The van der Waals surface area contributed by atoms with Gasteiger partial charge in [-0.25, -0.2) is 0 Å². The Morgan fingerprint density at radius 1 is 1.00 bits per heavy atom. The molecule has 0 amide bonds. The summed E-state index contributed by atoms with van der Waals surface area (Å²) in [5, 5.41) is 44.7. The number of aliphatic hydroxyl groups excluding tert-OH is 5. The second-order valence-electron chi connectivity index (χ2n) is 5.85. The SMILES string of the molecule is CCCCC1C(=O)CCC1=O.OC[C@H]1OC(O)[C@H](O)[C@@H](O)[C@@H]1O. The molecule has 2 fully saturated rings. The van der Waals surface area contributed by atoms with E-state index >= 15 is 0 Å². The Balaban J connectivity index is 0.000000231. The Morgan fingerprint density at radius 2 is 1.57 bits per heavy atom. The van der Waals surface area contributed by atoms with Crippen LogP contribution in [-0.4, -0.2) is 74.4 Å². The molecule has 8 heteroatoms. The smallest absolute Gasteiger partial charge is 0.184 e. The van der Waals surface area contributed by atoms with Crippen LogP contribution >= 0.6 is 0 Å². The molecule has 1 heterocycles. The van der Waals surface area contributed by atoms with E-state index in [-0.39, 0.29) is 17.5 Å². The van der Waals surface area contributed by atoms with E-state index in [0.29, 0.717) is 12.8 Å². The highest BCUT2D eigenvalue weighted by Crippen LogP contribution is 2.22. The largest absolute Gasteiger partial charge is 0.394 e. The minimum atomic E-state index is -1.57. The first-order valence-electron chi connectivity index (χ1n) is 7.87. The van der Waals surface area contributed by atoms with Crippen molar-refractivity contribution in [2.45, 2.75) is 69.7 Å². The van der Waals surface area contributed by atoms with Gasteiger partial charge in [-0.2, -0.15) is 0 Å². The number of Topliss-reactive ketones (excluding diaryl/α,β-unsaturated/α-hetero) is 2. The second-order valence-corrected chi connectivity index (χ2v) is 5.85. The maximum Gasteiger partial charge on any atom is 0.184 e. The van der Waals surface area contributed by atoms with Crippen molar-refractivity contribution in [2.24, 2.45) is 5.92 Å². The van der Waals surface area contributed by atoms with E-state index in [1.165, 1.54) is 0 Å². The molecule has 0 aromatic carbocycles. The van der Waals surface area contributed by atoms with E-state index in [4.69, 9.17) is 25.5 Å². The Hall–Kier alpha value is -0.900. The van der Waals surface area contributed by atoms with E-state index < -0.39 is 37.3 Å². The summed E-state index contributed by atoms with van der Waals surface area (Å²) >= 11 is 0. The molecule has 23 heavy (non-hydrogen) atoms. The lowest BCUT2D eigenvalue weighted by molar-refractivity contribution is -0.286. The molecule has 0 spiro atoms. The fourth-order valence-electron chi connectivity index (χ4n) is 2.59. The van der Waals surface area contributed by atoms with Gasteiger partial charge in [-0.15, -0.1) is 0 Å². The molecule has 5 N–H and O–H groups in total. The Labute approximate surface area is 134 Å². The van der Waals surface area contributed by atoms with Crippen LogP contribution in [0.5, 0.6) is 0 Å². The first-order chi connectivity index (χ1) is 10.8. The van der Waals surface area contributed by atoms with Gasteiger partial charge in [0, 0.05) is 12.8 Å². The van der Waals surface area contributed by atoms with Crippen molar-refractivity contribution < 1.29 is 39.9 Å². The van der Waals surface area contributed by atoms with Crippen molar-refractivity contribution in [3.63, 3.8) is 0 Å². The Kier molecular flexibility index (Phi) is 8.24. The normalized spacial score (nSPS) is 35.1. The number of ketones is 2. The summed E-state index contributed by atoms with van der Waals surface area (Å²) in [7, 11) is 0. The average molecular weight is 334 g/mol. The second kappa shape index (κ2) is 9.41. The highest BCUT2D eigenvalue weighted by molar-refractivity contribution is 6.08. The molecule has 5 atom stereocenters. The maximum atomic E-state index is 11.1. The van der Waals surface area contributed by atoms with Gasteiger partial charge in [0.1, 0.15) is 36.0 Å². The number of hydrogen-bond acceptors (Lipinski definition) is 8. The molecule has 0 aromatic heterocycles. The van der Waals surface area contributed by atoms with Crippen LogP contribution in [0, 0.1) is 5.92 Å². The van der Waals surface area contributed by atoms with Gasteiger partial charge in [0.05, 0.1) is 12.5 Å². The summed E-state index contributed by atoms with van der Waals surface area (Å²) in [5.74, 6) is 0.113. The van der Waals surface area contributed by atoms with Gasteiger partial charge in [-0.3, -0.25) is 9.59 Å². The molecule has 1 saturated heterocycles. The van der Waals surface area contributed by atoms with Crippen molar-refractivity contribution in [1.29, 1.82) is 0 Å². The highest BCUT2D eigenvalue weighted by atomic mass is 16.6. The van der Waals surface area contributed by atoms with Gasteiger partial charge in [0.15, 0.2) is 6.29 Å². The molecule has 2 aliphatic rings. The van der Waals surface area contributed by atoms with E-state index in [1.54, 1.807) is 0 Å². The lowest BCUT2D eigenvalue weighted by atomic mass is 9.99. The molecule has 1 saturated carbocycles. The summed E-state index contributed by atoms with van der Waals surface area (Å²) in [6.45, 7) is 1.55. The van der Waals surface area contributed by atoms with Gasteiger partial charge in [0.2, 0.25) is 0 Å². The minimum Gasteiger partial charge on any atom is -0.394 e. The van der Waals surface area contributed by atoms with E-state index in [9.17, 15) is 9.59 Å². The molecule has 8 nitrogen and oxygen atoms in total. The van der Waals surface area contributed by atoms with E-state index in [2.05, 4.69) is 11.7 Å². The molecule has 0 bridgehead atoms. The van der Waals surface area contributed by atoms with Gasteiger partial charge >= 0.3 is 0 Å². The van der Waals surface area contributed by atoms with Gasteiger partial charge in [-0.1, -0.05) is 19.8 Å². The van der Waals surface area contributed by atoms with Crippen molar-refractivity contribution in [1.82, 2.24) is 0 Å². The first-order valence-corrected chi connectivity index (χ1v) is 7.87. The number of carbonyl (C=O) groups excluding carboxylic acids is 2. The van der Waals surface area contributed by atoms with Crippen LogP contribution in [-0.2, 0) is 14.3 Å². The third kappa shape index (κ3) is 5.30. The Bertz CT molecular complexity index is 378. The van der Waals surface area contributed by atoms with Gasteiger partial charge in [-0.05, 0) is 6.42 Å². The molecule has 0 radical (unpaired) electrons. The summed E-state index contributed by atoms with van der Waals surface area (Å²) < 4.78 is 4.58. The van der Waals surface area contributed by atoms with Crippen LogP contribution in [0.2, 0.25) is 0 Å². The maximum absolute atomic E-state index is 11.1. The molecule has 134 valence electrons. The number of unbranched alkanes of at least 4 members (excludes halogenated alkanes) is 1. The standard InChI is InChI=1S/C9H14O2.C6H12O6/c1-2-3-4-7-8(10)5-6-9(7)11;7-1-2-3(8)4(9)5(10)6(11)12-2/h7H,2-6H2,1H3;2-11H,1H2/t;2-,3-,4+,5-,6?/m.1/s1. The van der Waals surface area contributed by atoms with E-state index in [0.717, 1.165) is 19.3 Å². The molecule has 1 aliphatic heterocycles. The summed E-state index contributed by atoms with van der Waals surface area (Å²) in [6.07, 6.45) is -3.20. The monoisotopic (exact) mass is 334 g/mol. The predicted octanol–water partition coefficient (Wildman–Crippen LogP) is -1.50. The highest BCUT2D eigenvalue weighted by Gasteiger charge is 2.42. The topological polar surface area (TPSA) is 145 Å². The average Bonchev–Trinajstić information content (AvgIpc) is 2.86. The fraction of sp³-hybridized carbons (Fsp3) is 0.867. The third-order valence-corrected chi connectivity index (χ3v) is 4.11. The first kappa shape index (κ1) is 20.1. The van der Waals surface area contributed by atoms with Crippen LogP contribution in [0.15, 0.2) is 0 Å². The van der Waals surface area contributed by atoms with Crippen molar-refractivity contribution >= 4 is 11.6 Å². The number of ether oxygens (including phenoxy) is 1. The number of rotatable bonds is 4.